The first-order valence-electron chi connectivity index (χ1n) is 3.58. The second kappa shape index (κ2) is 3.06. The molecule has 0 saturated carbocycles. The Balaban J connectivity index is 2.63. The van der Waals surface area contributed by atoms with Gasteiger partial charge in [-0.05, 0) is 13.8 Å². The van der Waals surface area contributed by atoms with Gasteiger partial charge >= 0.3 is 0 Å². The third kappa shape index (κ3) is 1.54. The molecule has 4 atom stereocenters. The maximum Gasteiger partial charge on any atom is 0.125 e. The van der Waals surface area contributed by atoms with E-state index in [1.54, 1.807) is 13.8 Å². The molecule has 1 fully saturated rings. The minimum atomic E-state index is -1.13. The summed E-state index contributed by atoms with van der Waals surface area (Å²) in [5.41, 5.74) is 0. The van der Waals surface area contributed by atoms with E-state index in [9.17, 15) is 10.2 Å². The fourth-order valence-corrected chi connectivity index (χ4v) is 1.14. The van der Waals surface area contributed by atoms with Crippen molar-refractivity contribution in [3.63, 3.8) is 0 Å². The van der Waals surface area contributed by atoms with E-state index < -0.39 is 24.4 Å². The van der Waals surface area contributed by atoms with E-state index in [0.29, 0.717) is 6.10 Å². The molecular formula is C7H13O4. The fourth-order valence-electron chi connectivity index (χ4n) is 1.14. The van der Waals surface area contributed by atoms with Gasteiger partial charge in [0.05, 0.1) is 6.10 Å². The molecule has 4 heteroatoms. The number of rotatable bonds is 0. The van der Waals surface area contributed by atoms with Crippen molar-refractivity contribution in [3.8, 4) is 0 Å². The lowest BCUT2D eigenvalue weighted by Gasteiger charge is -2.36. The summed E-state index contributed by atoms with van der Waals surface area (Å²) in [6, 6.07) is 0. The second-order valence-electron chi connectivity index (χ2n) is 2.86. The van der Waals surface area contributed by atoms with E-state index in [1.165, 1.54) is 0 Å². The van der Waals surface area contributed by atoms with Gasteiger partial charge in [-0.3, -0.25) is 0 Å². The smallest absolute Gasteiger partial charge is 0.125 e. The molecule has 65 valence electrons. The molecule has 0 bridgehead atoms. The van der Waals surface area contributed by atoms with E-state index in [-0.39, 0.29) is 0 Å². The summed E-state index contributed by atoms with van der Waals surface area (Å²) < 4.78 is 5.04. The molecule has 0 aromatic rings. The maximum absolute atomic E-state index is 9.19. The van der Waals surface area contributed by atoms with Crippen molar-refractivity contribution in [1.29, 1.82) is 0 Å². The molecule has 3 N–H and O–H groups in total. The molecule has 4 nitrogen and oxygen atoms in total. The average Bonchev–Trinajstić information content (AvgIpc) is 1.97. The Morgan fingerprint density at radius 2 is 1.73 bits per heavy atom. The van der Waals surface area contributed by atoms with Crippen LogP contribution in [0.2, 0.25) is 0 Å². The molecule has 0 unspecified atom stereocenters. The van der Waals surface area contributed by atoms with Crippen molar-refractivity contribution in [2.75, 3.05) is 0 Å². The molecule has 0 spiro atoms. The van der Waals surface area contributed by atoms with Crippen LogP contribution < -0.4 is 0 Å². The molecule has 1 aliphatic heterocycles. The number of hydrogen-bond acceptors (Lipinski definition) is 4. The molecule has 11 heavy (non-hydrogen) atoms. The van der Waals surface area contributed by atoms with Gasteiger partial charge in [0.15, 0.2) is 0 Å². The molecule has 1 radical (unpaired) electrons. The molecule has 1 rings (SSSR count). The molecule has 0 aromatic heterocycles. The van der Waals surface area contributed by atoms with Crippen LogP contribution in [0.3, 0.4) is 0 Å². The molecule has 1 saturated heterocycles. The Kier molecular flexibility index (Phi) is 2.49. The van der Waals surface area contributed by atoms with Gasteiger partial charge in [0.1, 0.15) is 24.4 Å². The first-order chi connectivity index (χ1) is 5.04. The topological polar surface area (TPSA) is 69.9 Å². The van der Waals surface area contributed by atoms with Crippen LogP contribution in [-0.2, 0) is 4.74 Å². The zero-order valence-electron chi connectivity index (χ0n) is 6.56. The van der Waals surface area contributed by atoms with Gasteiger partial charge in [0.2, 0.25) is 0 Å². The second-order valence-corrected chi connectivity index (χ2v) is 2.86. The van der Waals surface area contributed by atoms with Crippen LogP contribution >= 0.6 is 0 Å². The van der Waals surface area contributed by atoms with Crippen molar-refractivity contribution in [3.05, 3.63) is 6.10 Å². The van der Waals surface area contributed by atoms with Gasteiger partial charge in [0.25, 0.3) is 0 Å². The molecule has 1 heterocycles. The van der Waals surface area contributed by atoms with Crippen molar-refractivity contribution in [2.24, 2.45) is 0 Å². The van der Waals surface area contributed by atoms with E-state index in [1.807, 2.05) is 0 Å². The lowest BCUT2D eigenvalue weighted by molar-refractivity contribution is -0.174. The predicted molar refractivity (Wildman–Crippen MR) is 37.5 cm³/mol. The highest BCUT2D eigenvalue weighted by Crippen LogP contribution is 2.24. The summed E-state index contributed by atoms with van der Waals surface area (Å²) in [6.45, 7) is 3.22. The highest BCUT2D eigenvalue weighted by molar-refractivity contribution is 4.98. The van der Waals surface area contributed by atoms with E-state index >= 15 is 0 Å². The number of aliphatic hydroxyl groups excluding tert-OH is 3. The lowest BCUT2D eigenvalue weighted by Crippen LogP contribution is -2.52. The van der Waals surface area contributed by atoms with Crippen molar-refractivity contribution in [1.82, 2.24) is 0 Å². The third-order valence-electron chi connectivity index (χ3n) is 1.94. The van der Waals surface area contributed by atoms with Gasteiger partial charge < -0.3 is 20.1 Å². The Hall–Kier alpha value is -0.160. The molecule has 0 aliphatic carbocycles. The zero-order valence-corrected chi connectivity index (χ0v) is 6.56. The van der Waals surface area contributed by atoms with Crippen LogP contribution in [0.5, 0.6) is 0 Å². The quantitative estimate of drug-likeness (QED) is 0.428. The van der Waals surface area contributed by atoms with E-state index in [4.69, 9.17) is 9.84 Å². The summed E-state index contributed by atoms with van der Waals surface area (Å²) >= 11 is 0. The predicted octanol–water partition coefficient (Wildman–Crippen LogP) is -0.960. The van der Waals surface area contributed by atoms with Crippen molar-refractivity contribution in [2.45, 2.75) is 38.3 Å². The summed E-state index contributed by atoms with van der Waals surface area (Å²) in [6.07, 6.45) is -3.29. The Morgan fingerprint density at radius 3 is 2.27 bits per heavy atom. The Labute approximate surface area is 65.4 Å². The summed E-state index contributed by atoms with van der Waals surface area (Å²) in [5.74, 6) is 0. The molecule has 0 amide bonds. The van der Waals surface area contributed by atoms with Gasteiger partial charge in [0, 0.05) is 0 Å². The summed E-state index contributed by atoms with van der Waals surface area (Å²) in [4.78, 5) is 0. The van der Waals surface area contributed by atoms with Crippen LogP contribution in [-0.4, -0.2) is 39.7 Å². The largest absolute Gasteiger partial charge is 0.388 e. The first kappa shape index (κ1) is 8.93. The average molecular weight is 161 g/mol. The highest BCUT2D eigenvalue weighted by atomic mass is 16.5. The number of aliphatic hydroxyl groups is 3. The van der Waals surface area contributed by atoms with Crippen LogP contribution in [0.4, 0.5) is 0 Å². The first-order valence-corrected chi connectivity index (χ1v) is 3.58. The number of hydrogen-bond donors (Lipinski definition) is 3. The number of ether oxygens (including phenoxy) is 1. The third-order valence-corrected chi connectivity index (χ3v) is 1.94. The Morgan fingerprint density at radius 1 is 1.18 bits per heavy atom. The van der Waals surface area contributed by atoms with Crippen LogP contribution in [0.1, 0.15) is 13.8 Å². The summed E-state index contributed by atoms with van der Waals surface area (Å²) in [5, 5.41) is 27.5. The normalized spacial score (nSPS) is 47.7. The van der Waals surface area contributed by atoms with E-state index in [2.05, 4.69) is 0 Å². The maximum atomic E-state index is 9.19. The Bertz CT molecular complexity index is 124. The fraction of sp³-hybridized carbons (Fsp3) is 0.857. The highest BCUT2D eigenvalue weighted by Gasteiger charge is 2.39. The lowest BCUT2D eigenvalue weighted by atomic mass is 9.97. The van der Waals surface area contributed by atoms with Gasteiger partial charge in [-0.25, -0.2) is 0 Å². The standard InChI is InChI=1S/C7H13O4/c1-3-5(8)7(10)6(9)4(2)11-3/h3,5-10H,1-2H3/t3-,5+,6+,7+/m1/s1. The molecular weight excluding hydrogens is 148 g/mol. The van der Waals surface area contributed by atoms with Crippen molar-refractivity contribution >= 4 is 0 Å². The van der Waals surface area contributed by atoms with Crippen LogP contribution in [0.25, 0.3) is 0 Å². The molecule has 1 aliphatic rings. The molecule has 0 aromatic carbocycles. The van der Waals surface area contributed by atoms with E-state index in [0.717, 1.165) is 0 Å². The monoisotopic (exact) mass is 161 g/mol. The minimum Gasteiger partial charge on any atom is -0.388 e. The zero-order chi connectivity index (χ0) is 8.59. The minimum absolute atomic E-state index is 0.357. The SMILES string of the molecule is C[C]1O[C@H](C)[C@H](O)[C@H](O)[C@H]1O. The van der Waals surface area contributed by atoms with Gasteiger partial charge in [-0.1, -0.05) is 0 Å². The van der Waals surface area contributed by atoms with Gasteiger partial charge in [-0.15, -0.1) is 0 Å². The van der Waals surface area contributed by atoms with Crippen LogP contribution in [0, 0.1) is 6.10 Å². The van der Waals surface area contributed by atoms with Crippen LogP contribution in [0.15, 0.2) is 0 Å². The summed E-state index contributed by atoms with van der Waals surface area (Å²) in [7, 11) is 0. The van der Waals surface area contributed by atoms with Gasteiger partial charge in [-0.2, -0.15) is 0 Å². The van der Waals surface area contributed by atoms with Crippen molar-refractivity contribution < 1.29 is 20.1 Å².